The van der Waals surface area contributed by atoms with Crippen molar-refractivity contribution in [3.63, 3.8) is 0 Å². The number of nitrogens with zero attached hydrogens (tertiary/aromatic N) is 3. The number of hydrogen-bond acceptors (Lipinski definition) is 3. The Labute approximate surface area is 141 Å². The fraction of sp³-hybridized carbons (Fsp3) is 0.200. The summed E-state index contributed by atoms with van der Waals surface area (Å²) in [7, 11) is 3.46. The highest BCUT2D eigenvalue weighted by molar-refractivity contribution is 7.19. The minimum absolute atomic E-state index is 0.00172. The van der Waals surface area contributed by atoms with E-state index in [4.69, 9.17) is 23.2 Å². The van der Waals surface area contributed by atoms with Crippen LogP contribution in [-0.2, 0) is 11.3 Å². The van der Waals surface area contributed by atoms with Crippen LogP contribution in [0.5, 0.6) is 0 Å². The Morgan fingerprint density at radius 1 is 1.36 bits per heavy atom. The van der Waals surface area contributed by atoms with E-state index in [-0.39, 0.29) is 12.5 Å². The zero-order valence-electron chi connectivity index (χ0n) is 12.0. The van der Waals surface area contributed by atoms with Gasteiger partial charge in [-0.1, -0.05) is 23.2 Å². The highest BCUT2D eigenvalue weighted by atomic mass is 35.5. The molecule has 114 valence electrons. The summed E-state index contributed by atoms with van der Waals surface area (Å²) in [6, 6.07) is 5.79. The predicted octanol–water partition coefficient (Wildman–Crippen LogP) is 4.16. The topological polar surface area (TPSA) is 38.1 Å². The number of pyridine rings is 1. The van der Waals surface area contributed by atoms with E-state index in [9.17, 15) is 4.79 Å². The number of carbonyl (C=O) groups is 1. The summed E-state index contributed by atoms with van der Waals surface area (Å²) in [5.41, 5.74) is 2.49. The average Bonchev–Trinajstić information content (AvgIpc) is 3.03. The fourth-order valence-electron chi connectivity index (χ4n) is 2.15. The van der Waals surface area contributed by atoms with Gasteiger partial charge in [0.05, 0.1) is 14.9 Å². The summed E-state index contributed by atoms with van der Waals surface area (Å²) >= 11 is 13.7. The molecule has 0 saturated carbocycles. The van der Waals surface area contributed by atoms with Crippen LogP contribution in [0.4, 0.5) is 0 Å². The first-order chi connectivity index (χ1) is 10.5. The Kier molecular flexibility index (Phi) is 4.12. The van der Waals surface area contributed by atoms with Crippen LogP contribution in [0.3, 0.4) is 0 Å². The number of rotatable bonds is 3. The molecule has 0 saturated heterocycles. The van der Waals surface area contributed by atoms with Gasteiger partial charge in [0.1, 0.15) is 12.1 Å². The maximum absolute atomic E-state index is 11.9. The lowest BCUT2D eigenvalue weighted by atomic mass is 10.2. The molecule has 3 aromatic rings. The summed E-state index contributed by atoms with van der Waals surface area (Å²) in [6.45, 7) is 0.229. The molecule has 3 heterocycles. The van der Waals surface area contributed by atoms with E-state index < -0.39 is 0 Å². The van der Waals surface area contributed by atoms with Crippen LogP contribution in [0.15, 0.2) is 30.6 Å². The smallest absolute Gasteiger partial charge is 0.241 e. The van der Waals surface area contributed by atoms with Gasteiger partial charge in [-0.05, 0) is 18.2 Å². The van der Waals surface area contributed by atoms with Gasteiger partial charge in [0.15, 0.2) is 0 Å². The number of amides is 1. The summed E-state index contributed by atoms with van der Waals surface area (Å²) in [4.78, 5) is 19.0. The van der Waals surface area contributed by atoms with Crippen LogP contribution in [0.2, 0.25) is 9.36 Å². The molecule has 3 rings (SSSR count). The molecule has 0 radical (unpaired) electrons. The molecule has 0 aliphatic heterocycles. The summed E-state index contributed by atoms with van der Waals surface area (Å²) in [6.07, 6.45) is 3.51. The average molecular weight is 354 g/mol. The number of hydrogen-bond donors (Lipinski definition) is 0. The number of fused-ring (bicyclic) bond motifs is 1. The van der Waals surface area contributed by atoms with Crippen molar-refractivity contribution in [2.75, 3.05) is 14.1 Å². The van der Waals surface area contributed by atoms with Crippen molar-refractivity contribution in [1.82, 2.24) is 14.5 Å². The van der Waals surface area contributed by atoms with E-state index in [1.165, 1.54) is 11.3 Å². The van der Waals surface area contributed by atoms with Crippen LogP contribution < -0.4 is 0 Å². The van der Waals surface area contributed by atoms with Gasteiger partial charge >= 0.3 is 0 Å². The fourth-order valence-corrected chi connectivity index (χ4v) is 3.43. The highest BCUT2D eigenvalue weighted by Crippen LogP contribution is 2.33. The van der Waals surface area contributed by atoms with Crippen molar-refractivity contribution in [3.8, 4) is 10.4 Å². The maximum atomic E-state index is 11.9. The zero-order chi connectivity index (χ0) is 15.9. The van der Waals surface area contributed by atoms with Crippen molar-refractivity contribution in [2.45, 2.75) is 6.54 Å². The molecule has 0 aliphatic carbocycles. The summed E-state index contributed by atoms with van der Waals surface area (Å²) in [5.74, 6) is -0.00172. The number of thiophene rings is 1. The van der Waals surface area contributed by atoms with Crippen molar-refractivity contribution in [1.29, 1.82) is 0 Å². The second-order valence-corrected chi connectivity index (χ2v) is 7.21. The Bertz CT molecular complexity index is 854. The van der Waals surface area contributed by atoms with Crippen molar-refractivity contribution >= 4 is 51.5 Å². The third kappa shape index (κ3) is 2.84. The lowest BCUT2D eigenvalue weighted by molar-refractivity contribution is -0.129. The molecular weight excluding hydrogens is 341 g/mol. The molecule has 4 nitrogen and oxygen atoms in total. The van der Waals surface area contributed by atoms with Gasteiger partial charge in [0.25, 0.3) is 0 Å². The van der Waals surface area contributed by atoms with Gasteiger partial charge < -0.3 is 9.47 Å². The SMILES string of the molecule is CN(C)C(=O)Cn1cc(Cl)c2ncc(-c3ccc(Cl)s3)cc21. The quantitative estimate of drug-likeness (QED) is 0.708. The van der Waals surface area contributed by atoms with Crippen LogP contribution >= 0.6 is 34.5 Å². The largest absolute Gasteiger partial charge is 0.347 e. The zero-order valence-corrected chi connectivity index (χ0v) is 14.3. The van der Waals surface area contributed by atoms with Crippen molar-refractivity contribution in [3.05, 3.63) is 40.0 Å². The standard InChI is InChI=1S/C15H13Cl2N3OS/c1-19(2)14(21)8-20-7-10(16)15-11(20)5-9(6-18-15)12-3-4-13(17)22-12/h3-7H,8H2,1-2H3. The van der Waals surface area contributed by atoms with E-state index in [1.54, 1.807) is 31.4 Å². The third-order valence-electron chi connectivity index (χ3n) is 3.33. The molecule has 22 heavy (non-hydrogen) atoms. The highest BCUT2D eigenvalue weighted by Gasteiger charge is 2.14. The molecule has 7 heteroatoms. The number of likely N-dealkylation sites (N-methyl/N-ethyl adjacent to an activating group) is 1. The van der Waals surface area contributed by atoms with E-state index in [0.29, 0.717) is 10.5 Å². The second kappa shape index (κ2) is 5.91. The maximum Gasteiger partial charge on any atom is 0.241 e. The molecule has 0 aliphatic rings. The molecular formula is C15H13Cl2N3OS. The van der Waals surface area contributed by atoms with Gasteiger partial charge in [0, 0.05) is 36.9 Å². The van der Waals surface area contributed by atoms with Gasteiger partial charge in [-0.2, -0.15) is 0 Å². The lowest BCUT2D eigenvalue weighted by Crippen LogP contribution is -2.25. The van der Waals surface area contributed by atoms with Gasteiger partial charge in [0.2, 0.25) is 5.91 Å². The summed E-state index contributed by atoms with van der Waals surface area (Å²) < 4.78 is 2.55. The van der Waals surface area contributed by atoms with Gasteiger partial charge in [-0.3, -0.25) is 9.78 Å². The molecule has 0 fully saturated rings. The summed E-state index contributed by atoms with van der Waals surface area (Å²) in [5, 5.41) is 0.539. The van der Waals surface area contributed by atoms with E-state index in [0.717, 1.165) is 20.3 Å². The van der Waals surface area contributed by atoms with E-state index >= 15 is 0 Å². The number of halogens is 2. The van der Waals surface area contributed by atoms with Crippen LogP contribution in [0.25, 0.3) is 21.5 Å². The lowest BCUT2D eigenvalue weighted by Gasteiger charge is -2.11. The van der Waals surface area contributed by atoms with Crippen molar-refractivity contribution in [2.24, 2.45) is 0 Å². The Balaban J connectivity index is 2.08. The molecule has 0 spiro atoms. The number of aromatic nitrogens is 2. The Hall–Kier alpha value is -1.56. The second-order valence-electron chi connectivity index (χ2n) is 5.09. The first-order valence-corrected chi connectivity index (χ1v) is 8.13. The van der Waals surface area contributed by atoms with Crippen LogP contribution in [-0.4, -0.2) is 34.5 Å². The molecule has 0 N–H and O–H groups in total. The van der Waals surface area contributed by atoms with Crippen LogP contribution in [0, 0.1) is 0 Å². The first kappa shape index (κ1) is 15.3. The van der Waals surface area contributed by atoms with Crippen molar-refractivity contribution < 1.29 is 4.79 Å². The van der Waals surface area contributed by atoms with Gasteiger partial charge in [-0.15, -0.1) is 11.3 Å². The third-order valence-corrected chi connectivity index (χ3v) is 4.89. The van der Waals surface area contributed by atoms with E-state index in [1.807, 2.05) is 22.8 Å². The normalized spacial score (nSPS) is 11.1. The molecule has 0 bridgehead atoms. The minimum Gasteiger partial charge on any atom is -0.347 e. The molecule has 0 aromatic carbocycles. The molecule has 0 unspecified atom stereocenters. The van der Waals surface area contributed by atoms with E-state index in [2.05, 4.69) is 4.98 Å². The van der Waals surface area contributed by atoms with Gasteiger partial charge in [-0.25, -0.2) is 0 Å². The monoisotopic (exact) mass is 353 g/mol. The Morgan fingerprint density at radius 2 is 2.14 bits per heavy atom. The Morgan fingerprint density at radius 3 is 2.77 bits per heavy atom. The minimum atomic E-state index is -0.00172. The first-order valence-electron chi connectivity index (χ1n) is 6.56. The molecule has 0 atom stereocenters. The van der Waals surface area contributed by atoms with Crippen LogP contribution in [0.1, 0.15) is 0 Å². The molecule has 3 aromatic heterocycles. The molecule has 1 amide bonds. The number of carbonyl (C=O) groups excluding carboxylic acids is 1. The predicted molar refractivity (Wildman–Crippen MR) is 91.8 cm³/mol.